The van der Waals surface area contributed by atoms with E-state index in [0.717, 1.165) is 31.1 Å². The van der Waals surface area contributed by atoms with Crippen molar-refractivity contribution in [3.8, 4) is 5.75 Å². The maximum Gasteiger partial charge on any atom is 0.255 e. The molecule has 0 unspecified atom stereocenters. The van der Waals surface area contributed by atoms with Gasteiger partial charge in [-0.05, 0) is 18.9 Å². The smallest absolute Gasteiger partial charge is 0.255 e. The van der Waals surface area contributed by atoms with E-state index >= 15 is 0 Å². The number of phenols is 1. The Balaban J connectivity index is 1.72. The number of nitrogens with zero attached hydrogens (tertiary/aromatic N) is 1. The molecule has 118 valence electrons. The highest BCUT2D eigenvalue weighted by Gasteiger charge is 2.19. The molecule has 0 aliphatic heterocycles. The van der Waals surface area contributed by atoms with Gasteiger partial charge in [-0.25, -0.2) is 0 Å². The Morgan fingerprint density at radius 2 is 1.82 bits per heavy atom. The Labute approximate surface area is 130 Å². The largest absolute Gasteiger partial charge is 0.505 e. The minimum atomic E-state index is -0.202. The normalized spacial score (nSPS) is 17.6. The van der Waals surface area contributed by atoms with Crippen molar-refractivity contribution < 1.29 is 9.90 Å². The number of H-pyrrole nitrogens is 1. The summed E-state index contributed by atoms with van der Waals surface area (Å²) >= 11 is 0. The molecule has 5 heteroatoms. The summed E-state index contributed by atoms with van der Waals surface area (Å²) in [7, 11) is 0. The van der Waals surface area contributed by atoms with E-state index in [1.165, 1.54) is 25.7 Å². The van der Waals surface area contributed by atoms with E-state index in [4.69, 9.17) is 0 Å². The van der Waals surface area contributed by atoms with Gasteiger partial charge in [-0.2, -0.15) is 5.10 Å². The van der Waals surface area contributed by atoms with Gasteiger partial charge < -0.3 is 10.4 Å². The van der Waals surface area contributed by atoms with Crippen LogP contribution in [0.4, 0.5) is 0 Å². The van der Waals surface area contributed by atoms with E-state index in [2.05, 4.69) is 15.5 Å². The third kappa shape index (κ3) is 3.24. The van der Waals surface area contributed by atoms with Gasteiger partial charge in [0.15, 0.2) is 5.75 Å². The highest BCUT2D eigenvalue weighted by atomic mass is 16.3. The summed E-state index contributed by atoms with van der Waals surface area (Å²) in [4.78, 5) is 12.5. The second kappa shape index (κ2) is 6.81. The van der Waals surface area contributed by atoms with Gasteiger partial charge in [0.25, 0.3) is 5.91 Å². The van der Waals surface area contributed by atoms with Crippen LogP contribution in [0.15, 0.2) is 18.3 Å². The number of fused-ring (bicyclic) bond motifs is 1. The molecule has 1 saturated carbocycles. The Morgan fingerprint density at radius 3 is 2.55 bits per heavy atom. The molecule has 5 nitrogen and oxygen atoms in total. The summed E-state index contributed by atoms with van der Waals surface area (Å²) < 4.78 is 0. The first-order chi connectivity index (χ1) is 10.8. The molecule has 0 spiro atoms. The van der Waals surface area contributed by atoms with Crippen molar-refractivity contribution in [3.63, 3.8) is 0 Å². The van der Waals surface area contributed by atoms with Crippen LogP contribution in [0.5, 0.6) is 5.75 Å². The number of phenolic OH excluding ortho intramolecular Hbond substituents is 1. The molecule has 1 aliphatic rings. The lowest BCUT2D eigenvalue weighted by atomic mass is 10.0. The van der Waals surface area contributed by atoms with E-state index < -0.39 is 0 Å². The van der Waals surface area contributed by atoms with Crippen molar-refractivity contribution >= 4 is 16.8 Å². The van der Waals surface area contributed by atoms with E-state index in [1.807, 2.05) is 0 Å². The van der Waals surface area contributed by atoms with E-state index in [-0.39, 0.29) is 17.7 Å². The second-order valence-electron chi connectivity index (χ2n) is 6.15. The zero-order valence-electron chi connectivity index (χ0n) is 12.8. The summed E-state index contributed by atoms with van der Waals surface area (Å²) in [5.74, 6) is -0.244. The van der Waals surface area contributed by atoms with Crippen molar-refractivity contribution in [2.45, 2.75) is 57.4 Å². The van der Waals surface area contributed by atoms with E-state index in [9.17, 15) is 9.90 Å². The molecule has 1 aliphatic carbocycles. The molecular formula is C17H23N3O2. The second-order valence-corrected chi connectivity index (χ2v) is 6.15. The number of rotatable bonds is 2. The molecule has 0 bridgehead atoms. The summed E-state index contributed by atoms with van der Waals surface area (Å²) in [5.41, 5.74) is 0.751. The van der Waals surface area contributed by atoms with Crippen LogP contribution in [0, 0.1) is 0 Å². The molecule has 0 saturated heterocycles. The topological polar surface area (TPSA) is 78.0 Å². The lowest BCUT2D eigenvalue weighted by molar-refractivity contribution is 0.0929. The zero-order chi connectivity index (χ0) is 15.4. The summed E-state index contributed by atoms with van der Waals surface area (Å²) in [6.45, 7) is 0. The van der Waals surface area contributed by atoms with Crippen LogP contribution in [0.2, 0.25) is 0 Å². The first-order valence-electron chi connectivity index (χ1n) is 8.22. The van der Waals surface area contributed by atoms with Crippen LogP contribution in [-0.2, 0) is 0 Å². The molecule has 1 heterocycles. The molecule has 1 aromatic carbocycles. The van der Waals surface area contributed by atoms with Crippen LogP contribution in [0.1, 0.15) is 61.7 Å². The maximum absolute atomic E-state index is 12.5. The summed E-state index contributed by atoms with van der Waals surface area (Å²) in [6, 6.07) is 3.67. The number of benzene rings is 1. The highest BCUT2D eigenvalue weighted by molar-refractivity contribution is 6.02. The SMILES string of the molecule is O=C(NC1CCCCCCCC1)c1ccc2c[nH]nc2c1O. The first kappa shape index (κ1) is 14.9. The summed E-state index contributed by atoms with van der Waals surface area (Å²) in [6.07, 6.45) is 11.2. The monoisotopic (exact) mass is 301 g/mol. The van der Waals surface area contributed by atoms with Crippen LogP contribution in [0.3, 0.4) is 0 Å². The minimum Gasteiger partial charge on any atom is -0.505 e. The van der Waals surface area contributed by atoms with Crippen LogP contribution >= 0.6 is 0 Å². The number of nitrogens with one attached hydrogen (secondary N) is 2. The lowest BCUT2D eigenvalue weighted by Gasteiger charge is -2.18. The maximum atomic E-state index is 12.5. The van der Waals surface area contributed by atoms with Gasteiger partial charge in [0, 0.05) is 17.6 Å². The fraction of sp³-hybridized carbons (Fsp3) is 0.529. The quantitative estimate of drug-likeness (QED) is 0.794. The fourth-order valence-electron chi connectivity index (χ4n) is 3.22. The molecular weight excluding hydrogens is 278 g/mol. The molecule has 2 aromatic rings. The standard InChI is InChI=1S/C17H23N3O2/c21-16-14(10-9-12-11-18-20-15(12)16)17(22)19-13-7-5-3-1-2-4-6-8-13/h9-11,13,21H,1-8H2,(H,18,20)(H,19,22). The minimum absolute atomic E-state index is 0.0423. The Morgan fingerprint density at radius 1 is 1.14 bits per heavy atom. The van der Waals surface area contributed by atoms with Gasteiger partial charge in [0.05, 0.1) is 5.56 Å². The molecule has 0 atom stereocenters. The molecule has 1 aromatic heterocycles. The van der Waals surface area contributed by atoms with Gasteiger partial charge in [-0.3, -0.25) is 9.89 Å². The third-order valence-electron chi connectivity index (χ3n) is 4.51. The molecule has 22 heavy (non-hydrogen) atoms. The van der Waals surface area contributed by atoms with Gasteiger partial charge >= 0.3 is 0 Å². The molecule has 0 radical (unpaired) electrons. The Bertz CT molecular complexity index is 640. The molecule has 3 rings (SSSR count). The lowest BCUT2D eigenvalue weighted by Crippen LogP contribution is -2.34. The fourth-order valence-corrected chi connectivity index (χ4v) is 3.22. The van der Waals surface area contributed by atoms with Crippen molar-refractivity contribution in [3.05, 3.63) is 23.9 Å². The Hall–Kier alpha value is -2.04. The predicted molar refractivity (Wildman–Crippen MR) is 85.9 cm³/mol. The van der Waals surface area contributed by atoms with Gasteiger partial charge in [0.1, 0.15) is 5.52 Å². The first-order valence-corrected chi connectivity index (χ1v) is 8.22. The number of hydrogen-bond donors (Lipinski definition) is 3. The number of aromatic nitrogens is 2. The average molecular weight is 301 g/mol. The van der Waals surface area contributed by atoms with Crippen molar-refractivity contribution in [2.75, 3.05) is 0 Å². The van der Waals surface area contributed by atoms with Crippen molar-refractivity contribution in [2.24, 2.45) is 0 Å². The number of carbonyl (C=O) groups excluding carboxylic acids is 1. The van der Waals surface area contributed by atoms with Crippen LogP contribution in [0.25, 0.3) is 10.9 Å². The van der Waals surface area contributed by atoms with Crippen LogP contribution in [-0.4, -0.2) is 27.3 Å². The van der Waals surface area contributed by atoms with Crippen LogP contribution < -0.4 is 5.32 Å². The van der Waals surface area contributed by atoms with Crippen molar-refractivity contribution in [1.29, 1.82) is 0 Å². The number of hydrogen-bond acceptors (Lipinski definition) is 3. The number of aromatic amines is 1. The van der Waals surface area contributed by atoms with Gasteiger partial charge in [0.2, 0.25) is 0 Å². The van der Waals surface area contributed by atoms with Gasteiger partial charge in [-0.1, -0.05) is 44.6 Å². The number of carbonyl (C=O) groups is 1. The highest BCUT2D eigenvalue weighted by Crippen LogP contribution is 2.27. The van der Waals surface area contributed by atoms with E-state index in [0.29, 0.717) is 11.1 Å². The molecule has 1 fully saturated rings. The third-order valence-corrected chi connectivity index (χ3v) is 4.51. The van der Waals surface area contributed by atoms with Gasteiger partial charge in [-0.15, -0.1) is 0 Å². The number of amides is 1. The summed E-state index contributed by atoms with van der Waals surface area (Å²) in [5, 5.41) is 20.8. The van der Waals surface area contributed by atoms with Crippen molar-refractivity contribution in [1.82, 2.24) is 15.5 Å². The Kier molecular flexibility index (Phi) is 4.61. The average Bonchev–Trinajstić information content (AvgIpc) is 3.01. The predicted octanol–water partition coefficient (Wildman–Crippen LogP) is 3.50. The zero-order valence-corrected chi connectivity index (χ0v) is 12.8. The molecule has 3 N–H and O–H groups in total. The molecule has 1 amide bonds. The number of aromatic hydroxyl groups is 1. The van der Waals surface area contributed by atoms with E-state index in [1.54, 1.807) is 18.3 Å².